The maximum Gasteiger partial charge on any atom is 0.343 e. The van der Waals surface area contributed by atoms with Crippen molar-refractivity contribution in [1.82, 2.24) is 0 Å². The van der Waals surface area contributed by atoms with Crippen LogP contribution in [0, 0.1) is 0 Å². The molecule has 0 saturated carbocycles. The highest BCUT2D eigenvalue weighted by molar-refractivity contribution is 5.91. The number of hydrogen-bond acceptors (Lipinski definition) is 2. The molecule has 0 amide bonds. The van der Waals surface area contributed by atoms with Gasteiger partial charge in [-0.05, 0) is 42.2 Å². The molecular weight excluding hydrogens is 236 g/mol. The van der Waals surface area contributed by atoms with Gasteiger partial charge in [0.15, 0.2) is 0 Å². The highest BCUT2D eigenvalue weighted by Crippen LogP contribution is 2.20. The van der Waals surface area contributed by atoms with Crippen LogP contribution in [0.3, 0.4) is 0 Å². The second-order valence-corrected chi connectivity index (χ2v) is 4.64. The van der Waals surface area contributed by atoms with Crippen LogP contribution in [0.2, 0.25) is 0 Å². The Hall–Kier alpha value is -2.09. The Kier molecular flexibility index (Phi) is 4.35. The van der Waals surface area contributed by atoms with Gasteiger partial charge in [0.25, 0.3) is 0 Å². The van der Waals surface area contributed by atoms with Crippen LogP contribution in [0.25, 0.3) is 0 Å². The molecule has 1 unspecified atom stereocenters. The molecule has 0 aromatic heterocycles. The van der Waals surface area contributed by atoms with E-state index in [0.29, 0.717) is 17.2 Å². The molecule has 0 bridgehead atoms. The van der Waals surface area contributed by atoms with Crippen molar-refractivity contribution in [3.63, 3.8) is 0 Å². The number of para-hydroxylation sites is 1. The predicted octanol–water partition coefficient (Wildman–Crippen LogP) is 4.42. The second-order valence-electron chi connectivity index (χ2n) is 4.64. The maximum absolute atomic E-state index is 12.1. The third kappa shape index (κ3) is 3.44. The molecule has 2 nitrogen and oxygen atoms in total. The number of benzene rings is 2. The van der Waals surface area contributed by atoms with Gasteiger partial charge in [0.1, 0.15) is 5.75 Å². The number of carbonyl (C=O) groups is 1. The number of hydrogen-bond donors (Lipinski definition) is 0. The van der Waals surface area contributed by atoms with Gasteiger partial charge in [-0.25, -0.2) is 4.79 Å². The zero-order chi connectivity index (χ0) is 13.7. The van der Waals surface area contributed by atoms with E-state index in [1.165, 1.54) is 5.56 Å². The molecule has 0 heterocycles. The van der Waals surface area contributed by atoms with Crippen LogP contribution in [0.15, 0.2) is 54.6 Å². The van der Waals surface area contributed by atoms with E-state index in [0.717, 1.165) is 6.42 Å². The molecule has 98 valence electrons. The summed E-state index contributed by atoms with van der Waals surface area (Å²) in [7, 11) is 0. The molecule has 0 spiro atoms. The Bertz CT molecular complexity index is 546. The van der Waals surface area contributed by atoms with Crippen molar-refractivity contribution in [2.75, 3.05) is 0 Å². The van der Waals surface area contributed by atoms with E-state index in [1.54, 1.807) is 18.2 Å². The van der Waals surface area contributed by atoms with Crippen molar-refractivity contribution in [1.29, 1.82) is 0 Å². The summed E-state index contributed by atoms with van der Waals surface area (Å²) in [5.74, 6) is 0.710. The first-order valence-electron chi connectivity index (χ1n) is 6.58. The minimum atomic E-state index is -0.309. The lowest BCUT2D eigenvalue weighted by atomic mass is 9.97. The van der Waals surface area contributed by atoms with Gasteiger partial charge in [-0.3, -0.25) is 0 Å². The molecule has 1 atom stereocenters. The monoisotopic (exact) mass is 254 g/mol. The second kappa shape index (κ2) is 6.19. The lowest BCUT2D eigenvalue weighted by molar-refractivity contribution is 0.0734. The normalized spacial score (nSPS) is 11.9. The lowest BCUT2D eigenvalue weighted by Crippen LogP contribution is -2.09. The minimum Gasteiger partial charge on any atom is -0.423 e. The molecule has 19 heavy (non-hydrogen) atoms. The molecule has 2 heteroatoms. The van der Waals surface area contributed by atoms with E-state index in [-0.39, 0.29) is 5.97 Å². The first-order chi connectivity index (χ1) is 9.20. The average molecular weight is 254 g/mol. The van der Waals surface area contributed by atoms with Gasteiger partial charge in [-0.15, -0.1) is 0 Å². The van der Waals surface area contributed by atoms with Crippen LogP contribution in [0.4, 0.5) is 0 Å². The Morgan fingerprint density at radius 1 is 1.11 bits per heavy atom. The van der Waals surface area contributed by atoms with Gasteiger partial charge in [0, 0.05) is 0 Å². The first kappa shape index (κ1) is 13.3. The zero-order valence-electron chi connectivity index (χ0n) is 11.3. The van der Waals surface area contributed by atoms with Crippen LogP contribution in [0.1, 0.15) is 42.1 Å². The average Bonchev–Trinajstić information content (AvgIpc) is 2.47. The standard InChI is InChI=1S/C17H18O2/c1-3-13(2)14-8-7-9-15(12-14)17(18)19-16-10-5-4-6-11-16/h4-13H,3H2,1-2H3. The molecule has 0 saturated heterocycles. The summed E-state index contributed by atoms with van der Waals surface area (Å²) in [6.07, 6.45) is 1.05. The van der Waals surface area contributed by atoms with E-state index in [9.17, 15) is 4.79 Å². The third-order valence-electron chi connectivity index (χ3n) is 3.26. The van der Waals surface area contributed by atoms with E-state index in [2.05, 4.69) is 13.8 Å². The van der Waals surface area contributed by atoms with E-state index < -0.39 is 0 Å². The Morgan fingerprint density at radius 2 is 1.84 bits per heavy atom. The van der Waals surface area contributed by atoms with Crippen LogP contribution >= 0.6 is 0 Å². The molecular formula is C17H18O2. The fourth-order valence-corrected chi connectivity index (χ4v) is 1.86. The molecule has 0 aliphatic rings. The number of ether oxygens (including phenoxy) is 1. The molecule has 0 radical (unpaired) electrons. The topological polar surface area (TPSA) is 26.3 Å². The smallest absolute Gasteiger partial charge is 0.343 e. The number of rotatable bonds is 4. The molecule has 0 aliphatic heterocycles. The van der Waals surface area contributed by atoms with E-state index >= 15 is 0 Å². The largest absolute Gasteiger partial charge is 0.423 e. The number of esters is 1. The molecule has 2 rings (SSSR count). The molecule has 0 aliphatic carbocycles. The van der Waals surface area contributed by atoms with Crippen molar-refractivity contribution < 1.29 is 9.53 Å². The zero-order valence-corrected chi connectivity index (χ0v) is 11.3. The van der Waals surface area contributed by atoms with Crippen LogP contribution in [-0.4, -0.2) is 5.97 Å². The summed E-state index contributed by atoms with van der Waals surface area (Å²) >= 11 is 0. The first-order valence-corrected chi connectivity index (χ1v) is 6.58. The Balaban J connectivity index is 2.15. The van der Waals surface area contributed by atoms with Gasteiger partial charge in [-0.1, -0.05) is 44.2 Å². The van der Waals surface area contributed by atoms with Crippen LogP contribution < -0.4 is 4.74 Å². The predicted molar refractivity (Wildman–Crippen MR) is 76.5 cm³/mol. The summed E-state index contributed by atoms with van der Waals surface area (Å²) < 4.78 is 5.33. The third-order valence-corrected chi connectivity index (χ3v) is 3.26. The van der Waals surface area contributed by atoms with Gasteiger partial charge in [0.2, 0.25) is 0 Å². The molecule has 2 aromatic carbocycles. The molecule has 0 fully saturated rings. The summed E-state index contributed by atoms with van der Waals surface area (Å²) in [6.45, 7) is 4.29. The fraction of sp³-hybridized carbons (Fsp3) is 0.235. The quantitative estimate of drug-likeness (QED) is 0.596. The van der Waals surface area contributed by atoms with Gasteiger partial charge in [-0.2, -0.15) is 0 Å². The Labute approximate surface area is 114 Å². The van der Waals surface area contributed by atoms with Crippen molar-refractivity contribution in [3.8, 4) is 5.75 Å². The molecule has 0 N–H and O–H groups in total. The summed E-state index contributed by atoms with van der Waals surface area (Å²) in [5.41, 5.74) is 1.77. The Morgan fingerprint density at radius 3 is 2.53 bits per heavy atom. The van der Waals surface area contributed by atoms with Gasteiger partial charge < -0.3 is 4.74 Å². The fourth-order valence-electron chi connectivity index (χ4n) is 1.86. The summed E-state index contributed by atoms with van der Waals surface area (Å²) in [6, 6.07) is 16.8. The maximum atomic E-state index is 12.1. The molecule has 2 aromatic rings. The summed E-state index contributed by atoms with van der Waals surface area (Å²) in [4.78, 5) is 12.1. The van der Waals surface area contributed by atoms with Crippen LogP contribution in [-0.2, 0) is 0 Å². The minimum absolute atomic E-state index is 0.309. The lowest BCUT2D eigenvalue weighted by Gasteiger charge is -2.10. The highest BCUT2D eigenvalue weighted by Gasteiger charge is 2.10. The van der Waals surface area contributed by atoms with E-state index in [1.807, 2.05) is 36.4 Å². The van der Waals surface area contributed by atoms with Crippen molar-refractivity contribution in [3.05, 3.63) is 65.7 Å². The van der Waals surface area contributed by atoms with Crippen molar-refractivity contribution in [2.24, 2.45) is 0 Å². The van der Waals surface area contributed by atoms with Crippen molar-refractivity contribution in [2.45, 2.75) is 26.2 Å². The summed E-state index contributed by atoms with van der Waals surface area (Å²) in [5, 5.41) is 0. The SMILES string of the molecule is CCC(C)c1cccc(C(=O)Oc2ccccc2)c1. The van der Waals surface area contributed by atoms with Crippen molar-refractivity contribution >= 4 is 5.97 Å². The van der Waals surface area contributed by atoms with Gasteiger partial charge in [0.05, 0.1) is 5.56 Å². The van der Waals surface area contributed by atoms with Crippen LogP contribution in [0.5, 0.6) is 5.75 Å². The van der Waals surface area contributed by atoms with Gasteiger partial charge >= 0.3 is 5.97 Å². The van der Waals surface area contributed by atoms with E-state index in [4.69, 9.17) is 4.74 Å². The number of carbonyl (C=O) groups excluding carboxylic acids is 1. The highest BCUT2D eigenvalue weighted by atomic mass is 16.5.